The van der Waals surface area contributed by atoms with Gasteiger partial charge >= 0.3 is 6.09 Å². The molecular formula is C15H15IN4O3. The number of nitrogens with zero attached hydrogens (tertiary/aromatic N) is 3. The van der Waals surface area contributed by atoms with E-state index in [2.05, 4.69) is 38.0 Å². The van der Waals surface area contributed by atoms with E-state index in [1.807, 2.05) is 0 Å². The molecule has 1 amide bonds. The first-order valence-electron chi connectivity index (χ1n) is 6.92. The normalized spacial score (nSPS) is 11.7. The molecule has 0 saturated heterocycles. The monoisotopic (exact) mass is 426 g/mol. The van der Waals surface area contributed by atoms with Crippen molar-refractivity contribution < 1.29 is 13.9 Å². The Morgan fingerprint density at radius 2 is 2.22 bits per heavy atom. The molecule has 3 aromatic heterocycles. The van der Waals surface area contributed by atoms with E-state index < -0.39 is 11.7 Å². The minimum atomic E-state index is -0.585. The summed E-state index contributed by atoms with van der Waals surface area (Å²) in [4.78, 5) is 16.6. The molecule has 23 heavy (non-hydrogen) atoms. The molecule has 3 heterocycles. The summed E-state index contributed by atoms with van der Waals surface area (Å²) >= 11 is 2.14. The van der Waals surface area contributed by atoms with Gasteiger partial charge in [-0.3, -0.25) is 5.32 Å². The predicted octanol–water partition coefficient (Wildman–Crippen LogP) is 3.94. The zero-order chi connectivity index (χ0) is 16.6. The van der Waals surface area contributed by atoms with Crippen molar-refractivity contribution >= 4 is 40.1 Å². The largest absolute Gasteiger partial charge is 0.463 e. The number of amides is 1. The van der Waals surface area contributed by atoms with Crippen molar-refractivity contribution in [2.45, 2.75) is 26.4 Å². The number of nitrogens with one attached hydrogen (secondary N) is 1. The molecule has 0 unspecified atom stereocenters. The van der Waals surface area contributed by atoms with Gasteiger partial charge in [0, 0.05) is 6.07 Å². The van der Waals surface area contributed by atoms with Crippen molar-refractivity contribution in [2.24, 2.45) is 0 Å². The highest BCUT2D eigenvalue weighted by Gasteiger charge is 2.19. The Morgan fingerprint density at radius 1 is 1.43 bits per heavy atom. The van der Waals surface area contributed by atoms with Crippen LogP contribution in [0.1, 0.15) is 20.8 Å². The van der Waals surface area contributed by atoms with Crippen LogP contribution in [-0.2, 0) is 4.74 Å². The van der Waals surface area contributed by atoms with Gasteiger partial charge in [-0.25, -0.2) is 9.78 Å². The first-order chi connectivity index (χ1) is 10.8. The molecule has 0 spiro atoms. The van der Waals surface area contributed by atoms with Crippen molar-refractivity contribution in [1.82, 2.24) is 14.6 Å². The summed E-state index contributed by atoms with van der Waals surface area (Å²) in [6, 6.07) is 5.28. The van der Waals surface area contributed by atoms with E-state index in [1.165, 1.54) is 0 Å². The highest BCUT2D eigenvalue weighted by atomic mass is 127. The van der Waals surface area contributed by atoms with Crippen molar-refractivity contribution in [3.63, 3.8) is 0 Å². The molecule has 0 aliphatic carbocycles. The molecular weight excluding hydrogens is 411 g/mol. The smallest absolute Gasteiger partial charge is 0.413 e. The van der Waals surface area contributed by atoms with Crippen LogP contribution in [-0.4, -0.2) is 26.3 Å². The van der Waals surface area contributed by atoms with Crippen molar-refractivity contribution in [2.75, 3.05) is 5.32 Å². The number of fused-ring (bicyclic) bond motifs is 1. The molecule has 0 saturated carbocycles. The standard InChI is InChI=1S/C15H15IN4O3/c1-15(2,3)23-14(21)19-12-7-10(11-5-4-6-22-11)18-13-9(16)8-17-20(12)13/h4-8H,1-3H3,(H,19,21). The Kier molecular flexibility index (Phi) is 4.00. The number of halogens is 1. The first-order valence-corrected chi connectivity index (χ1v) is 7.99. The maximum Gasteiger partial charge on any atom is 0.413 e. The third-order valence-corrected chi connectivity index (χ3v) is 3.59. The van der Waals surface area contributed by atoms with Crippen LogP contribution in [0.3, 0.4) is 0 Å². The van der Waals surface area contributed by atoms with Gasteiger partial charge in [-0.15, -0.1) is 0 Å². The fourth-order valence-corrected chi connectivity index (χ4v) is 2.46. The second-order valence-corrected chi connectivity index (χ2v) is 7.02. The van der Waals surface area contributed by atoms with E-state index in [9.17, 15) is 4.79 Å². The van der Waals surface area contributed by atoms with Crippen LogP contribution in [0.2, 0.25) is 0 Å². The number of hydrogen-bond acceptors (Lipinski definition) is 5. The zero-order valence-corrected chi connectivity index (χ0v) is 15.0. The number of anilines is 1. The topological polar surface area (TPSA) is 81.7 Å². The van der Waals surface area contributed by atoms with Gasteiger partial charge in [0.2, 0.25) is 0 Å². The molecule has 8 heteroatoms. The maximum absolute atomic E-state index is 12.1. The first kappa shape index (κ1) is 15.8. The van der Waals surface area contributed by atoms with E-state index in [0.29, 0.717) is 22.9 Å². The molecule has 0 aromatic carbocycles. The zero-order valence-electron chi connectivity index (χ0n) is 12.8. The minimum Gasteiger partial charge on any atom is -0.463 e. The predicted molar refractivity (Wildman–Crippen MR) is 93.3 cm³/mol. The van der Waals surface area contributed by atoms with E-state index in [1.54, 1.807) is 55.9 Å². The Balaban J connectivity index is 2.03. The highest BCUT2D eigenvalue weighted by Crippen LogP contribution is 2.25. The van der Waals surface area contributed by atoms with E-state index in [-0.39, 0.29) is 0 Å². The van der Waals surface area contributed by atoms with E-state index in [0.717, 1.165) is 3.57 Å². The van der Waals surface area contributed by atoms with Crippen LogP contribution in [0.5, 0.6) is 0 Å². The molecule has 120 valence electrons. The highest BCUT2D eigenvalue weighted by molar-refractivity contribution is 14.1. The molecule has 0 fully saturated rings. The van der Waals surface area contributed by atoms with Crippen molar-refractivity contribution in [3.05, 3.63) is 34.2 Å². The summed E-state index contributed by atoms with van der Waals surface area (Å²) in [5.41, 5.74) is 0.649. The fraction of sp³-hybridized carbons (Fsp3) is 0.267. The van der Waals surface area contributed by atoms with E-state index in [4.69, 9.17) is 9.15 Å². The molecule has 7 nitrogen and oxygen atoms in total. The summed E-state index contributed by atoms with van der Waals surface area (Å²) in [6.07, 6.45) is 2.69. The molecule has 3 rings (SSSR count). The van der Waals surface area contributed by atoms with Gasteiger partial charge in [0.25, 0.3) is 0 Å². The Morgan fingerprint density at radius 3 is 2.87 bits per heavy atom. The summed E-state index contributed by atoms with van der Waals surface area (Å²) in [6.45, 7) is 5.42. The van der Waals surface area contributed by atoms with E-state index >= 15 is 0 Å². The summed E-state index contributed by atoms with van der Waals surface area (Å²) < 4.78 is 13.1. The molecule has 1 N–H and O–H groups in total. The van der Waals surface area contributed by atoms with Crippen LogP contribution in [0, 0.1) is 3.57 Å². The molecule has 0 aliphatic heterocycles. The molecule has 3 aromatic rings. The van der Waals surface area contributed by atoms with Gasteiger partial charge in [-0.2, -0.15) is 9.61 Å². The summed E-state index contributed by atoms with van der Waals surface area (Å²) in [5, 5.41) is 6.95. The van der Waals surface area contributed by atoms with Gasteiger partial charge < -0.3 is 9.15 Å². The number of carbonyl (C=O) groups excluding carboxylic acids is 1. The quantitative estimate of drug-likeness (QED) is 0.628. The summed E-state index contributed by atoms with van der Waals surface area (Å²) in [5.74, 6) is 1.07. The molecule has 0 atom stereocenters. The third-order valence-electron chi connectivity index (χ3n) is 2.83. The number of aromatic nitrogens is 3. The van der Waals surface area contributed by atoms with Crippen LogP contribution in [0.15, 0.2) is 35.1 Å². The number of carbonyl (C=O) groups is 1. The molecule has 0 radical (unpaired) electrons. The summed E-state index contributed by atoms with van der Waals surface area (Å²) in [7, 11) is 0. The second kappa shape index (κ2) is 5.84. The lowest BCUT2D eigenvalue weighted by Crippen LogP contribution is -2.28. The second-order valence-electron chi connectivity index (χ2n) is 5.86. The van der Waals surface area contributed by atoms with Crippen LogP contribution in [0.4, 0.5) is 10.6 Å². The fourth-order valence-electron chi connectivity index (χ4n) is 1.98. The number of rotatable bonds is 2. The van der Waals surface area contributed by atoms with Crippen LogP contribution < -0.4 is 5.32 Å². The van der Waals surface area contributed by atoms with Gasteiger partial charge in [0.05, 0.1) is 16.0 Å². The lowest BCUT2D eigenvalue weighted by atomic mass is 10.2. The number of furan rings is 1. The van der Waals surface area contributed by atoms with Crippen molar-refractivity contribution in [3.8, 4) is 11.5 Å². The third kappa shape index (κ3) is 3.46. The lowest BCUT2D eigenvalue weighted by molar-refractivity contribution is 0.0635. The van der Waals surface area contributed by atoms with Gasteiger partial charge in [-0.1, -0.05) is 0 Å². The Hall–Kier alpha value is -2.10. The minimum absolute atomic E-state index is 0.457. The number of hydrogen-bond donors (Lipinski definition) is 1. The Bertz CT molecular complexity index is 850. The SMILES string of the molecule is CC(C)(C)OC(=O)Nc1cc(-c2ccco2)nc2c(I)cnn12. The Labute approximate surface area is 146 Å². The average molecular weight is 426 g/mol. The molecule has 0 bridgehead atoms. The maximum atomic E-state index is 12.1. The van der Waals surface area contributed by atoms with Gasteiger partial charge in [-0.05, 0) is 55.5 Å². The lowest BCUT2D eigenvalue weighted by Gasteiger charge is -2.19. The van der Waals surface area contributed by atoms with Crippen molar-refractivity contribution in [1.29, 1.82) is 0 Å². The number of ether oxygens (including phenoxy) is 1. The van der Waals surface area contributed by atoms with Crippen LogP contribution >= 0.6 is 22.6 Å². The molecule has 0 aliphatic rings. The van der Waals surface area contributed by atoms with Gasteiger partial charge in [0.15, 0.2) is 11.4 Å². The van der Waals surface area contributed by atoms with Gasteiger partial charge in [0.1, 0.15) is 17.1 Å². The average Bonchev–Trinajstić information content (AvgIpc) is 3.07. The van der Waals surface area contributed by atoms with Crippen LogP contribution in [0.25, 0.3) is 17.1 Å².